The zero-order chi connectivity index (χ0) is 34.4. The van der Waals surface area contributed by atoms with Gasteiger partial charge in [-0.05, 0) is 54.6 Å². The first-order valence-electron chi connectivity index (χ1n) is 14.0. The molecule has 0 unspecified atom stereocenters. The van der Waals surface area contributed by atoms with Gasteiger partial charge in [0.2, 0.25) is 0 Å². The molecule has 0 aliphatic rings. The molecule has 0 radical (unpaired) electrons. The lowest BCUT2D eigenvalue weighted by Gasteiger charge is -2.22. The number of halogens is 6. The number of benzene rings is 3. The van der Waals surface area contributed by atoms with E-state index >= 15 is 0 Å². The summed E-state index contributed by atoms with van der Waals surface area (Å²) in [6.45, 7) is 18.3. The van der Waals surface area contributed by atoms with Crippen LogP contribution in [-0.4, -0.2) is 0 Å². The van der Waals surface area contributed by atoms with Gasteiger partial charge in [0.15, 0.2) is 0 Å². The third-order valence-corrected chi connectivity index (χ3v) is 7.02. The third kappa shape index (κ3) is 15.9. The highest BCUT2D eigenvalue weighted by molar-refractivity contribution is 6.35. The molecule has 0 heterocycles. The van der Waals surface area contributed by atoms with Gasteiger partial charge in [0, 0.05) is 42.9 Å². The molecule has 0 aromatic heterocycles. The first-order chi connectivity index (χ1) is 20.8. The zero-order valence-electron chi connectivity index (χ0n) is 27.2. The van der Waals surface area contributed by atoms with Crippen LogP contribution in [0.1, 0.15) is 62.3 Å². The molecule has 0 saturated carbocycles. The number of allylic oxidation sites excluding steroid dienone is 3. The molecule has 9 heteroatoms. The molecule has 0 bridgehead atoms. The highest BCUT2D eigenvalue weighted by atomic mass is 35.5. The Balaban J connectivity index is 0.000000338. The summed E-state index contributed by atoms with van der Waals surface area (Å²) in [5, 5.41) is 1.73. The van der Waals surface area contributed by atoms with Crippen LogP contribution in [0.25, 0.3) is 0 Å². The van der Waals surface area contributed by atoms with E-state index < -0.39 is 0 Å². The minimum atomic E-state index is -0.176. The molecular weight excluding hydrogens is 693 g/mol. The van der Waals surface area contributed by atoms with Gasteiger partial charge >= 0.3 is 0 Å². The van der Waals surface area contributed by atoms with Gasteiger partial charge in [0.25, 0.3) is 0 Å². The van der Waals surface area contributed by atoms with E-state index in [1.165, 1.54) is 16.6 Å². The van der Waals surface area contributed by atoms with Crippen molar-refractivity contribution in [2.24, 2.45) is 16.2 Å². The molecule has 246 valence electrons. The molecular formula is C36H42Cl6O3. The Labute approximate surface area is 299 Å². The molecule has 0 amide bonds. The summed E-state index contributed by atoms with van der Waals surface area (Å²) in [4.78, 5) is 0. The van der Waals surface area contributed by atoms with Crippen molar-refractivity contribution in [2.75, 3.05) is 0 Å². The number of rotatable bonds is 6. The number of hydrogen-bond acceptors (Lipinski definition) is 3. The zero-order valence-corrected chi connectivity index (χ0v) is 31.7. The van der Waals surface area contributed by atoms with Crippen LogP contribution in [0.4, 0.5) is 0 Å². The second-order valence-electron chi connectivity index (χ2n) is 12.8. The number of para-hydroxylation sites is 1. The van der Waals surface area contributed by atoms with E-state index in [9.17, 15) is 0 Å². The molecule has 0 aliphatic carbocycles. The predicted octanol–water partition coefficient (Wildman–Crippen LogP) is 14.5. The third-order valence-electron chi connectivity index (χ3n) is 5.64. The molecule has 0 atom stereocenters. The molecule has 3 aromatic rings. The Bertz CT molecular complexity index is 1410. The van der Waals surface area contributed by atoms with Crippen molar-refractivity contribution >= 4 is 69.6 Å². The average Bonchev–Trinajstić information content (AvgIpc) is 2.94. The molecule has 45 heavy (non-hydrogen) atoms. The van der Waals surface area contributed by atoms with Gasteiger partial charge in [0.05, 0.1) is 5.02 Å². The maximum Gasteiger partial charge on any atom is 0.145 e. The molecule has 0 N–H and O–H groups in total. The Morgan fingerprint density at radius 2 is 0.867 bits per heavy atom. The summed E-state index contributed by atoms with van der Waals surface area (Å²) in [5.74, 6) is 4.25. The van der Waals surface area contributed by atoms with Gasteiger partial charge in [-0.1, -0.05) is 150 Å². The topological polar surface area (TPSA) is 27.7 Å². The molecule has 3 aromatic carbocycles. The molecule has 0 fully saturated rings. The molecule has 0 spiro atoms. The maximum absolute atomic E-state index is 6.00. The van der Waals surface area contributed by atoms with Gasteiger partial charge in [-0.2, -0.15) is 0 Å². The van der Waals surface area contributed by atoms with Crippen molar-refractivity contribution in [2.45, 2.75) is 62.3 Å². The molecule has 0 saturated heterocycles. The minimum absolute atomic E-state index is 0.0718. The van der Waals surface area contributed by atoms with Gasteiger partial charge in [-0.15, -0.1) is 0 Å². The number of hydrogen-bond donors (Lipinski definition) is 0. The van der Waals surface area contributed by atoms with Crippen molar-refractivity contribution < 1.29 is 14.2 Å². The highest BCUT2D eigenvalue weighted by Crippen LogP contribution is 2.34. The van der Waals surface area contributed by atoms with E-state index in [4.69, 9.17) is 83.8 Å². The summed E-state index contributed by atoms with van der Waals surface area (Å²) < 4.78 is 17.0. The number of ether oxygens (including phenoxy) is 3. The maximum atomic E-state index is 6.00. The van der Waals surface area contributed by atoms with Crippen molar-refractivity contribution in [1.82, 2.24) is 0 Å². The average molecular weight is 735 g/mol. The van der Waals surface area contributed by atoms with Gasteiger partial charge in [-0.3, -0.25) is 0 Å². The smallest absolute Gasteiger partial charge is 0.145 e. The largest absolute Gasteiger partial charge is 0.460 e. The fourth-order valence-corrected chi connectivity index (χ4v) is 4.63. The minimum Gasteiger partial charge on any atom is -0.460 e. The van der Waals surface area contributed by atoms with E-state index in [2.05, 4.69) is 20.8 Å². The standard InChI is InChI=1S/C12H13Cl3O.C12H14Cl2O.C12H15ClO/c1-12(2,3)11(7-13)16-10-5-4-8(14)6-9(10)15;1-12(2,3)11(8-13)15-10-6-4-9(14)5-7-10;1-12(2,3)11(9-13)14-10-7-5-4-6-8-10/h4-7H,1-3H3;4-8H,1-3H3;4-9H,1-3H3. The van der Waals surface area contributed by atoms with Crippen LogP contribution in [0.5, 0.6) is 17.2 Å². The normalized spacial score (nSPS) is 12.7. The van der Waals surface area contributed by atoms with Crippen molar-refractivity contribution in [3.05, 3.63) is 122 Å². The van der Waals surface area contributed by atoms with Crippen LogP contribution in [0.15, 0.2) is 107 Å². The van der Waals surface area contributed by atoms with Crippen LogP contribution >= 0.6 is 69.6 Å². The summed E-state index contributed by atoms with van der Waals surface area (Å²) in [5.41, 5.74) is 4.02. The van der Waals surface area contributed by atoms with Gasteiger partial charge in [-0.25, -0.2) is 0 Å². The summed E-state index contributed by atoms with van der Waals surface area (Å²) >= 11 is 34.7. The Kier molecular flexibility index (Phi) is 17.3. The SMILES string of the molecule is CC(C)(C)C(=CCl)Oc1ccc(Cl)cc1.CC(C)(C)C(=CCl)Oc1ccc(Cl)cc1Cl.CC(C)(C)C(=CCl)Oc1ccccc1. The Morgan fingerprint density at radius 3 is 1.24 bits per heavy atom. The van der Waals surface area contributed by atoms with Crippen molar-refractivity contribution in [3.63, 3.8) is 0 Å². The fourth-order valence-electron chi connectivity index (χ4n) is 2.94. The van der Waals surface area contributed by atoms with Gasteiger partial charge in [0.1, 0.15) is 34.5 Å². The van der Waals surface area contributed by atoms with E-state index in [0.717, 1.165) is 23.0 Å². The Hall–Kier alpha value is -1.98. The van der Waals surface area contributed by atoms with E-state index in [0.29, 0.717) is 26.6 Å². The van der Waals surface area contributed by atoms with Crippen LogP contribution in [0, 0.1) is 16.2 Å². The summed E-state index contributed by atoms with van der Waals surface area (Å²) in [6, 6.07) is 21.9. The van der Waals surface area contributed by atoms with Crippen LogP contribution in [0.3, 0.4) is 0 Å². The van der Waals surface area contributed by atoms with Crippen LogP contribution in [0.2, 0.25) is 15.1 Å². The van der Waals surface area contributed by atoms with Gasteiger partial charge < -0.3 is 14.2 Å². The monoisotopic (exact) mass is 732 g/mol. The molecule has 3 rings (SSSR count). The lowest BCUT2D eigenvalue weighted by molar-refractivity contribution is 0.295. The van der Waals surface area contributed by atoms with E-state index in [-0.39, 0.29) is 16.2 Å². The lowest BCUT2D eigenvalue weighted by Crippen LogP contribution is -2.14. The van der Waals surface area contributed by atoms with Crippen LogP contribution < -0.4 is 14.2 Å². The molecule has 3 nitrogen and oxygen atoms in total. The lowest BCUT2D eigenvalue weighted by atomic mass is 9.95. The fraction of sp³-hybridized carbons (Fsp3) is 0.333. The van der Waals surface area contributed by atoms with Crippen LogP contribution in [-0.2, 0) is 0 Å². The first-order valence-corrected chi connectivity index (χ1v) is 16.5. The predicted molar refractivity (Wildman–Crippen MR) is 196 cm³/mol. The summed E-state index contributed by atoms with van der Waals surface area (Å²) in [6.07, 6.45) is 0. The Morgan fingerprint density at radius 1 is 0.489 bits per heavy atom. The van der Waals surface area contributed by atoms with Crippen molar-refractivity contribution in [1.29, 1.82) is 0 Å². The second-order valence-corrected chi connectivity index (χ2v) is 14.8. The summed E-state index contributed by atoms with van der Waals surface area (Å²) in [7, 11) is 0. The van der Waals surface area contributed by atoms with E-state index in [1.807, 2.05) is 84.0 Å². The quantitative estimate of drug-likeness (QED) is 0.236. The second kappa shape index (κ2) is 19.0. The van der Waals surface area contributed by atoms with E-state index in [1.54, 1.807) is 30.3 Å². The highest BCUT2D eigenvalue weighted by Gasteiger charge is 2.21. The molecule has 0 aliphatic heterocycles. The first kappa shape index (κ1) is 41.0. The van der Waals surface area contributed by atoms with Crippen molar-refractivity contribution in [3.8, 4) is 17.2 Å².